The second kappa shape index (κ2) is 6.65. The molecule has 4 nitrogen and oxygen atoms in total. The first kappa shape index (κ1) is 17.1. The summed E-state index contributed by atoms with van der Waals surface area (Å²) in [5.74, 6) is -1.48. The fraction of sp³-hybridized carbons (Fsp3) is 0.238. The Morgan fingerprint density at radius 3 is 2.56 bits per heavy atom. The topological polar surface area (TPSA) is 63.6 Å². The summed E-state index contributed by atoms with van der Waals surface area (Å²) in [6.07, 6.45) is 2.79. The highest BCUT2D eigenvalue weighted by atomic mass is 16.5. The standard InChI is InChI=1S/C21H20O4/c1-14-8-9-17(15(2)12-14)19-18(22)10-11-21(19,24)13-25-20(23)16-6-4-3-5-7-16/h3-12,19,24H,13H2,1-2H3/t19-,21+/m0/s1. The van der Waals surface area contributed by atoms with Crippen LogP contribution in [0.2, 0.25) is 0 Å². The van der Waals surface area contributed by atoms with Crippen molar-refractivity contribution in [3.63, 3.8) is 0 Å². The Kier molecular flexibility index (Phi) is 4.55. The number of allylic oxidation sites excluding steroid dienone is 1. The van der Waals surface area contributed by atoms with E-state index in [0.717, 1.165) is 16.7 Å². The summed E-state index contributed by atoms with van der Waals surface area (Å²) in [6.45, 7) is 3.60. The maximum absolute atomic E-state index is 12.4. The Bertz CT molecular complexity index is 838. The average molecular weight is 336 g/mol. The van der Waals surface area contributed by atoms with Gasteiger partial charge < -0.3 is 9.84 Å². The van der Waals surface area contributed by atoms with Crippen molar-refractivity contribution in [2.24, 2.45) is 0 Å². The lowest BCUT2D eigenvalue weighted by atomic mass is 9.82. The van der Waals surface area contributed by atoms with Crippen molar-refractivity contribution in [3.8, 4) is 0 Å². The fourth-order valence-electron chi connectivity index (χ4n) is 3.21. The highest BCUT2D eigenvalue weighted by Gasteiger charge is 2.45. The second-order valence-corrected chi connectivity index (χ2v) is 6.46. The van der Waals surface area contributed by atoms with Gasteiger partial charge in [0, 0.05) is 0 Å². The van der Waals surface area contributed by atoms with E-state index in [-0.39, 0.29) is 12.4 Å². The normalized spacial score (nSPS) is 22.2. The number of carbonyl (C=O) groups excluding carboxylic acids is 2. The molecule has 2 atom stereocenters. The van der Waals surface area contributed by atoms with E-state index in [1.165, 1.54) is 12.2 Å². The average Bonchev–Trinajstić information content (AvgIpc) is 2.89. The molecule has 0 bridgehead atoms. The number of hydrogen-bond acceptors (Lipinski definition) is 4. The molecule has 0 spiro atoms. The molecule has 0 amide bonds. The van der Waals surface area contributed by atoms with E-state index in [1.807, 2.05) is 32.0 Å². The van der Waals surface area contributed by atoms with E-state index in [9.17, 15) is 14.7 Å². The van der Waals surface area contributed by atoms with Crippen molar-refractivity contribution in [1.29, 1.82) is 0 Å². The van der Waals surface area contributed by atoms with Crippen LogP contribution in [0.25, 0.3) is 0 Å². The molecule has 1 aliphatic carbocycles. The van der Waals surface area contributed by atoms with Gasteiger partial charge in [0.05, 0.1) is 11.5 Å². The van der Waals surface area contributed by atoms with Crippen molar-refractivity contribution in [2.75, 3.05) is 6.61 Å². The van der Waals surface area contributed by atoms with E-state index >= 15 is 0 Å². The van der Waals surface area contributed by atoms with Crippen molar-refractivity contribution in [1.82, 2.24) is 0 Å². The molecule has 25 heavy (non-hydrogen) atoms. The number of hydrogen-bond donors (Lipinski definition) is 1. The summed E-state index contributed by atoms with van der Waals surface area (Å²) < 4.78 is 5.29. The number of aryl methyl sites for hydroxylation is 2. The lowest BCUT2D eigenvalue weighted by Gasteiger charge is -2.29. The van der Waals surface area contributed by atoms with Crippen LogP contribution in [-0.4, -0.2) is 29.1 Å². The van der Waals surface area contributed by atoms with Crippen LogP contribution < -0.4 is 0 Å². The monoisotopic (exact) mass is 336 g/mol. The third-order valence-corrected chi connectivity index (χ3v) is 4.50. The van der Waals surface area contributed by atoms with Crippen LogP contribution in [0.4, 0.5) is 0 Å². The predicted molar refractivity (Wildman–Crippen MR) is 94.5 cm³/mol. The summed E-state index contributed by atoms with van der Waals surface area (Å²) in [5, 5.41) is 11.0. The molecule has 0 aromatic heterocycles. The summed E-state index contributed by atoms with van der Waals surface area (Å²) in [5.41, 5.74) is 1.62. The Balaban J connectivity index is 1.82. The van der Waals surface area contributed by atoms with Crippen LogP contribution in [0.15, 0.2) is 60.7 Å². The van der Waals surface area contributed by atoms with E-state index in [1.54, 1.807) is 30.3 Å². The molecule has 128 valence electrons. The van der Waals surface area contributed by atoms with Gasteiger partial charge in [0.2, 0.25) is 0 Å². The van der Waals surface area contributed by atoms with Crippen molar-refractivity contribution < 1.29 is 19.4 Å². The SMILES string of the molecule is Cc1ccc([C@H]2C(=O)C=C[C@@]2(O)COC(=O)c2ccccc2)c(C)c1. The Morgan fingerprint density at radius 2 is 1.88 bits per heavy atom. The molecule has 4 heteroatoms. The summed E-state index contributed by atoms with van der Waals surface area (Å²) >= 11 is 0. The van der Waals surface area contributed by atoms with Gasteiger partial charge in [0.15, 0.2) is 5.78 Å². The van der Waals surface area contributed by atoms with Gasteiger partial charge in [-0.25, -0.2) is 4.79 Å². The molecular weight excluding hydrogens is 316 g/mol. The van der Waals surface area contributed by atoms with Gasteiger partial charge in [-0.15, -0.1) is 0 Å². The zero-order valence-electron chi connectivity index (χ0n) is 14.2. The molecule has 0 unspecified atom stereocenters. The highest BCUT2D eigenvalue weighted by molar-refractivity contribution is 6.00. The second-order valence-electron chi connectivity index (χ2n) is 6.46. The van der Waals surface area contributed by atoms with Crippen LogP contribution in [0.1, 0.15) is 33.0 Å². The van der Waals surface area contributed by atoms with Crippen LogP contribution in [0.5, 0.6) is 0 Å². The highest BCUT2D eigenvalue weighted by Crippen LogP contribution is 2.38. The van der Waals surface area contributed by atoms with Gasteiger partial charge in [-0.2, -0.15) is 0 Å². The number of carbonyl (C=O) groups is 2. The van der Waals surface area contributed by atoms with Crippen LogP contribution in [0, 0.1) is 13.8 Å². The molecule has 0 saturated carbocycles. The smallest absolute Gasteiger partial charge is 0.338 e. The van der Waals surface area contributed by atoms with E-state index in [4.69, 9.17) is 4.74 Å². The van der Waals surface area contributed by atoms with Gasteiger partial charge in [-0.1, -0.05) is 42.0 Å². The summed E-state index contributed by atoms with van der Waals surface area (Å²) in [6, 6.07) is 14.3. The lowest BCUT2D eigenvalue weighted by Crippen LogP contribution is -2.40. The maximum Gasteiger partial charge on any atom is 0.338 e. The Morgan fingerprint density at radius 1 is 1.16 bits per heavy atom. The first-order valence-corrected chi connectivity index (χ1v) is 8.15. The minimum absolute atomic E-state index is 0.190. The summed E-state index contributed by atoms with van der Waals surface area (Å²) in [7, 11) is 0. The number of ether oxygens (including phenoxy) is 1. The van der Waals surface area contributed by atoms with Crippen molar-refractivity contribution >= 4 is 11.8 Å². The van der Waals surface area contributed by atoms with Gasteiger partial charge >= 0.3 is 5.97 Å². The number of benzene rings is 2. The quantitative estimate of drug-likeness (QED) is 0.872. The van der Waals surface area contributed by atoms with E-state index in [0.29, 0.717) is 5.56 Å². The van der Waals surface area contributed by atoms with Crippen LogP contribution >= 0.6 is 0 Å². The molecular formula is C21H20O4. The van der Waals surface area contributed by atoms with Gasteiger partial charge in [-0.05, 0) is 49.3 Å². The molecule has 3 rings (SSSR count). The zero-order valence-corrected chi connectivity index (χ0v) is 14.2. The first-order chi connectivity index (χ1) is 11.9. The largest absolute Gasteiger partial charge is 0.459 e. The van der Waals surface area contributed by atoms with Crippen molar-refractivity contribution in [2.45, 2.75) is 25.4 Å². The summed E-state index contributed by atoms with van der Waals surface area (Å²) in [4.78, 5) is 24.5. The van der Waals surface area contributed by atoms with E-state index in [2.05, 4.69) is 0 Å². The number of rotatable bonds is 4. The van der Waals surface area contributed by atoms with Gasteiger partial charge in [0.25, 0.3) is 0 Å². The number of ketones is 1. The lowest BCUT2D eigenvalue weighted by molar-refractivity contribution is -0.120. The molecule has 0 fully saturated rings. The number of aliphatic hydroxyl groups is 1. The minimum Gasteiger partial charge on any atom is -0.459 e. The molecule has 2 aromatic rings. The minimum atomic E-state index is -1.54. The van der Waals surface area contributed by atoms with Gasteiger partial charge in [0.1, 0.15) is 12.2 Å². The third-order valence-electron chi connectivity index (χ3n) is 4.50. The molecule has 0 radical (unpaired) electrons. The molecule has 0 aliphatic heterocycles. The third kappa shape index (κ3) is 3.39. The number of esters is 1. The van der Waals surface area contributed by atoms with Crippen molar-refractivity contribution in [3.05, 3.63) is 82.9 Å². The maximum atomic E-state index is 12.4. The van der Waals surface area contributed by atoms with Gasteiger partial charge in [-0.3, -0.25) is 4.79 Å². The Labute approximate surface area is 146 Å². The molecule has 0 saturated heterocycles. The first-order valence-electron chi connectivity index (χ1n) is 8.15. The Hall–Kier alpha value is -2.72. The zero-order chi connectivity index (χ0) is 18.0. The molecule has 1 aliphatic rings. The predicted octanol–water partition coefficient (Wildman–Crippen LogP) is 3.11. The van der Waals surface area contributed by atoms with Crippen LogP contribution in [-0.2, 0) is 9.53 Å². The molecule has 1 N–H and O–H groups in total. The van der Waals surface area contributed by atoms with Crippen LogP contribution in [0.3, 0.4) is 0 Å². The molecule has 2 aromatic carbocycles. The fourth-order valence-corrected chi connectivity index (χ4v) is 3.21. The van der Waals surface area contributed by atoms with E-state index < -0.39 is 17.5 Å². The molecule has 0 heterocycles.